The third-order valence-corrected chi connectivity index (χ3v) is 4.39. The molecule has 1 atom stereocenters. The van der Waals surface area contributed by atoms with Crippen molar-refractivity contribution in [2.45, 2.75) is 44.6 Å². The molecule has 1 heterocycles. The first-order chi connectivity index (χ1) is 9.66. The van der Waals surface area contributed by atoms with Crippen LogP contribution in [0.15, 0.2) is 18.2 Å². The molecule has 4 heteroatoms. The van der Waals surface area contributed by atoms with Gasteiger partial charge in [0.1, 0.15) is 6.04 Å². The number of aryl methyl sites for hydroxylation is 2. The lowest BCUT2D eigenvalue weighted by molar-refractivity contribution is -0.143. The van der Waals surface area contributed by atoms with Gasteiger partial charge in [-0.25, -0.2) is 4.79 Å². The molecule has 1 aliphatic carbocycles. The summed E-state index contributed by atoms with van der Waals surface area (Å²) in [5, 5.41) is 9.27. The Labute approximate surface area is 118 Å². The van der Waals surface area contributed by atoms with Crippen molar-refractivity contribution >= 4 is 11.9 Å². The van der Waals surface area contributed by atoms with Crippen molar-refractivity contribution in [1.29, 1.82) is 0 Å². The number of carboxylic acids is 1. The van der Waals surface area contributed by atoms with E-state index in [1.165, 1.54) is 16.0 Å². The fourth-order valence-corrected chi connectivity index (χ4v) is 3.30. The number of hydrogen-bond acceptors (Lipinski definition) is 2. The fourth-order valence-electron chi connectivity index (χ4n) is 3.30. The van der Waals surface area contributed by atoms with Gasteiger partial charge in [-0.15, -0.1) is 0 Å². The summed E-state index contributed by atoms with van der Waals surface area (Å²) in [6, 6.07) is 5.16. The van der Waals surface area contributed by atoms with Crippen LogP contribution in [0.25, 0.3) is 0 Å². The molecule has 1 fully saturated rings. The summed E-state index contributed by atoms with van der Waals surface area (Å²) in [6.07, 6.45) is 5.59. The lowest BCUT2D eigenvalue weighted by Gasteiger charge is -2.33. The molecule has 1 aromatic carbocycles. The van der Waals surface area contributed by atoms with Gasteiger partial charge in [0.15, 0.2) is 0 Å². The zero-order chi connectivity index (χ0) is 14.1. The van der Waals surface area contributed by atoms with Gasteiger partial charge in [0.2, 0.25) is 0 Å². The Bertz CT molecular complexity index is 553. The number of rotatable bonds is 2. The normalized spacial score (nSPS) is 21.6. The van der Waals surface area contributed by atoms with Gasteiger partial charge in [0, 0.05) is 12.1 Å². The molecule has 2 aliphatic rings. The summed E-state index contributed by atoms with van der Waals surface area (Å²) in [4.78, 5) is 25.4. The van der Waals surface area contributed by atoms with Gasteiger partial charge in [-0.2, -0.15) is 0 Å². The second kappa shape index (κ2) is 5.27. The highest BCUT2D eigenvalue weighted by molar-refractivity contribution is 5.97. The number of aliphatic carboxylic acids is 1. The van der Waals surface area contributed by atoms with Crippen molar-refractivity contribution in [3.05, 3.63) is 34.9 Å². The molecule has 0 unspecified atom stereocenters. The monoisotopic (exact) mass is 273 g/mol. The predicted octanol–water partition coefficient (Wildman–Crippen LogP) is 2.25. The maximum atomic E-state index is 12.6. The number of carbonyl (C=O) groups is 2. The zero-order valence-corrected chi connectivity index (χ0v) is 11.5. The number of nitrogens with zero attached hydrogens (tertiary/aromatic N) is 1. The smallest absolute Gasteiger partial charge is 0.326 e. The third-order valence-electron chi connectivity index (χ3n) is 4.39. The van der Waals surface area contributed by atoms with E-state index in [0.717, 1.165) is 32.1 Å². The minimum Gasteiger partial charge on any atom is -0.480 e. The first-order valence-corrected chi connectivity index (χ1v) is 7.32. The number of amides is 1. The molecule has 1 saturated heterocycles. The molecule has 0 saturated carbocycles. The largest absolute Gasteiger partial charge is 0.480 e. The molecule has 4 nitrogen and oxygen atoms in total. The van der Waals surface area contributed by atoms with Gasteiger partial charge in [0.25, 0.3) is 5.91 Å². The number of fused-ring (bicyclic) bond motifs is 1. The zero-order valence-electron chi connectivity index (χ0n) is 11.5. The van der Waals surface area contributed by atoms with Crippen molar-refractivity contribution in [2.24, 2.45) is 0 Å². The Morgan fingerprint density at radius 3 is 2.70 bits per heavy atom. The molecule has 0 bridgehead atoms. The Balaban J connectivity index is 1.85. The lowest BCUT2D eigenvalue weighted by Crippen LogP contribution is -2.48. The number of carboxylic acid groups (broad SMARTS) is 1. The summed E-state index contributed by atoms with van der Waals surface area (Å²) in [6.45, 7) is 0.548. The van der Waals surface area contributed by atoms with E-state index in [9.17, 15) is 14.7 Å². The highest BCUT2D eigenvalue weighted by atomic mass is 16.4. The summed E-state index contributed by atoms with van der Waals surface area (Å²) in [5.41, 5.74) is 3.22. The second-order valence-corrected chi connectivity index (χ2v) is 5.69. The molecule has 1 aromatic rings. The molecule has 0 aromatic heterocycles. The van der Waals surface area contributed by atoms with Gasteiger partial charge in [-0.05, 0) is 61.8 Å². The van der Waals surface area contributed by atoms with E-state index in [0.29, 0.717) is 18.5 Å². The summed E-state index contributed by atoms with van der Waals surface area (Å²) >= 11 is 0. The fraction of sp³-hybridized carbons (Fsp3) is 0.500. The van der Waals surface area contributed by atoms with Gasteiger partial charge in [-0.1, -0.05) is 6.07 Å². The van der Waals surface area contributed by atoms with Crippen LogP contribution in [-0.4, -0.2) is 34.5 Å². The van der Waals surface area contributed by atoms with E-state index in [4.69, 9.17) is 0 Å². The molecule has 1 N–H and O–H groups in total. The topological polar surface area (TPSA) is 57.6 Å². The van der Waals surface area contributed by atoms with Crippen molar-refractivity contribution < 1.29 is 14.7 Å². The van der Waals surface area contributed by atoms with Crippen LogP contribution in [0, 0.1) is 0 Å². The standard InChI is InChI=1S/C16H19NO3/c18-15(17-9-2-1-6-14(17)16(19)20)13-8-7-11-4-3-5-12(11)10-13/h7-8,10,14H,1-6,9H2,(H,19,20)/t14-/m1/s1. The highest BCUT2D eigenvalue weighted by Crippen LogP contribution is 2.25. The van der Waals surface area contributed by atoms with Crippen LogP contribution in [0.3, 0.4) is 0 Å². The van der Waals surface area contributed by atoms with E-state index >= 15 is 0 Å². The van der Waals surface area contributed by atoms with Crippen molar-refractivity contribution in [2.75, 3.05) is 6.54 Å². The Hall–Kier alpha value is -1.84. The van der Waals surface area contributed by atoms with Crippen LogP contribution in [0.2, 0.25) is 0 Å². The van der Waals surface area contributed by atoms with Crippen LogP contribution in [-0.2, 0) is 17.6 Å². The van der Waals surface area contributed by atoms with Crippen LogP contribution in [0.1, 0.15) is 47.2 Å². The second-order valence-electron chi connectivity index (χ2n) is 5.69. The third kappa shape index (κ3) is 2.30. The number of carbonyl (C=O) groups excluding carboxylic acids is 1. The molecular formula is C16H19NO3. The minimum absolute atomic E-state index is 0.133. The van der Waals surface area contributed by atoms with Crippen LogP contribution >= 0.6 is 0 Å². The van der Waals surface area contributed by atoms with Crippen molar-refractivity contribution in [1.82, 2.24) is 4.90 Å². The first-order valence-electron chi connectivity index (χ1n) is 7.32. The van der Waals surface area contributed by atoms with Crippen LogP contribution in [0.4, 0.5) is 0 Å². The van der Waals surface area contributed by atoms with Crippen molar-refractivity contribution in [3.8, 4) is 0 Å². The molecule has 1 aliphatic heterocycles. The molecule has 20 heavy (non-hydrogen) atoms. The SMILES string of the molecule is O=C(O)[C@H]1CCCCN1C(=O)c1ccc2c(c1)CCC2. The molecule has 106 valence electrons. The predicted molar refractivity (Wildman–Crippen MR) is 74.8 cm³/mol. The number of likely N-dealkylation sites (tertiary alicyclic amines) is 1. The van der Waals surface area contributed by atoms with E-state index < -0.39 is 12.0 Å². The summed E-state index contributed by atoms with van der Waals surface area (Å²) in [5.74, 6) is -1.02. The van der Waals surface area contributed by atoms with E-state index in [2.05, 4.69) is 0 Å². The number of piperidine rings is 1. The molecular weight excluding hydrogens is 254 g/mol. The Kier molecular flexibility index (Phi) is 3.47. The summed E-state index contributed by atoms with van der Waals surface area (Å²) < 4.78 is 0. The van der Waals surface area contributed by atoms with Gasteiger partial charge >= 0.3 is 5.97 Å². The Morgan fingerprint density at radius 2 is 1.90 bits per heavy atom. The lowest BCUT2D eigenvalue weighted by atomic mass is 9.99. The van der Waals surface area contributed by atoms with Gasteiger partial charge in [0.05, 0.1) is 0 Å². The van der Waals surface area contributed by atoms with Crippen LogP contribution < -0.4 is 0 Å². The number of hydrogen-bond donors (Lipinski definition) is 1. The quantitative estimate of drug-likeness (QED) is 0.899. The number of benzene rings is 1. The molecule has 1 amide bonds. The minimum atomic E-state index is -0.890. The van der Waals surface area contributed by atoms with Crippen LogP contribution in [0.5, 0.6) is 0 Å². The first kappa shape index (κ1) is 13.2. The van der Waals surface area contributed by atoms with Gasteiger partial charge < -0.3 is 10.0 Å². The van der Waals surface area contributed by atoms with Gasteiger partial charge in [-0.3, -0.25) is 4.79 Å². The van der Waals surface area contributed by atoms with E-state index in [1.54, 1.807) is 0 Å². The van der Waals surface area contributed by atoms with E-state index in [-0.39, 0.29) is 5.91 Å². The highest BCUT2D eigenvalue weighted by Gasteiger charge is 2.32. The summed E-state index contributed by atoms with van der Waals surface area (Å²) in [7, 11) is 0. The average molecular weight is 273 g/mol. The molecule has 3 rings (SSSR count). The maximum absolute atomic E-state index is 12.6. The average Bonchev–Trinajstić information content (AvgIpc) is 2.93. The Morgan fingerprint density at radius 1 is 1.10 bits per heavy atom. The molecule has 0 radical (unpaired) electrons. The van der Waals surface area contributed by atoms with Crippen molar-refractivity contribution in [3.63, 3.8) is 0 Å². The molecule has 0 spiro atoms. The maximum Gasteiger partial charge on any atom is 0.326 e. The van der Waals surface area contributed by atoms with E-state index in [1.807, 2.05) is 18.2 Å².